The molecule has 17 heavy (non-hydrogen) atoms. The maximum Gasteiger partial charge on any atom is 0.236 e. The van der Waals surface area contributed by atoms with Gasteiger partial charge in [-0.2, -0.15) is 0 Å². The number of hydrogen-bond acceptors (Lipinski definition) is 3. The maximum absolute atomic E-state index is 11.4. The number of nitrogens with one attached hydrogen (secondary N) is 1. The van der Waals surface area contributed by atoms with Gasteiger partial charge in [-0.1, -0.05) is 18.2 Å². The zero-order chi connectivity index (χ0) is 12.5. The third-order valence-corrected chi connectivity index (χ3v) is 2.47. The van der Waals surface area contributed by atoms with Crippen molar-refractivity contribution in [1.82, 2.24) is 10.2 Å². The fraction of sp³-hybridized carbons (Fsp3) is 0.462. The van der Waals surface area contributed by atoms with Crippen molar-refractivity contribution in [3.05, 3.63) is 30.3 Å². The first-order valence-electron chi connectivity index (χ1n) is 5.86. The van der Waals surface area contributed by atoms with Crippen LogP contribution in [0.3, 0.4) is 0 Å². The third kappa shape index (κ3) is 5.36. The lowest BCUT2D eigenvalue weighted by Gasteiger charge is -2.14. The molecule has 0 saturated carbocycles. The number of hydrogen-bond donors (Lipinski definition) is 1. The summed E-state index contributed by atoms with van der Waals surface area (Å²) in [5.41, 5.74) is 0. The van der Waals surface area contributed by atoms with Crippen LogP contribution in [0.25, 0.3) is 0 Å². The minimum absolute atomic E-state index is 0.104. The number of para-hydroxylation sites is 1. The Labute approximate surface area is 103 Å². The monoisotopic (exact) mass is 236 g/mol. The molecule has 0 aliphatic heterocycles. The van der Waals surface area contributed by atoms with Crippen LogP contribution < -0.4 is 10.1 Å². The van der Waals surface area contributed by atoms with Crippen molar-refractivity contribution in [3.8, 4) is 5.75 Å². The second-order valence-electron chi connectivity index (χ2n) is 3.75. The van der Waals surface area contributed by atoms with Gasteiger partial charge in [-0.25, -0.2) is 0 Å². The predicted octanol–water partition coefficient (Wildman–Crippen LogP) is 1.13. The number of carbonyl (C=O) groups is 1. The molecule has 1 aromatic rings. The first-order chi connectivity index (χ1) is 8.24. The molecule has 0 spiro atoms. The van der Waals surface area contributed by atoms with E-state index in [-0.39, 0.29) is 5.91 Å². The van der Waals surface area contributed by atoms with Crippen LogP contribution in [0.4, 0.5) is 0 Å². The Balaban J connectivity index is 2.07. The van der Waals surface area contributed by atoms with Crippen molar-refractivity contribution in [2.24, 2.45) is 0 Å². The highest BCUT2D eigenvalue weighted by molar-refractivity contribution is 5.77. The Morgan fingerprint density at radius 1 is 1.35 bits per heavy atom. The van der Waals surface area contributed by atoms with Gasteiger partial charge in [0.05, 0.1) is 6.54 Å². The quantitative estimate of drug-likeness (QED) is 0.722. The standard InChI is InChI=1S/C13H20N2O2/c1-3-15(2)13(16)11-14-9-10-17-12-7-5-4-6-8-12/h4-8,14H,3,9-11H2,1-2H3. The van der Waals surface area contributed by atoms with Gasteiger partial charge in [0.1, 0.15) is 12.4 Å². The van der Waals surface area contributed by atoms with Crippen molar-refractivity contribution in [2.45, 2.75) is 6.92 Å². The van der Waals surface area contributed by atoms with Crippen LogP contribution in [-0.2, 0) is 4.79 Å². The summed E-state index contributed by atoms with van der Waals surface area (Å²) < 4.78 is 5.49. The minimum atomic E-state index is 0.104. The average molecular weight is 236 g/mol. The predicted molar refractivity (Wildman–Crippen MR) is 68.1 cm³/mol. The van der Waals surface area contributed by atoms with Gasteiger partial charge in [-0.15, -0.1) is 0 Å². The van der Waals surface area contributed by atoms with Crippen LogP contribution >= 0.6 is 0 Å². The van der Waals surface area contributed by atoms with Gasteiger partial charge < -0.3 is 15.0 Å². The molecule has 1 rings (SSSR count). The van der Waals surface area contributed by atoms with Gasteiger partial charge in [0, 0.05) is 20.1 Å². The molecule has 4 heteroatoms. The molecule has 1 aromatic carbocycles. The molecule has 1 N–H and O–H groups in total. The molecule has 1 amide bonds. The third-order valence-electron chi connectivity index (χ3n) is 2.47. The van der Waals surface area contributed by atoms with E-state index >= 15 is 0 Å². The molecule has 0 aromatic heterocycles. The average Bonchev–Trinajstić information content (AvgIpc) is 2.38. The number of amides is 1. The van der Waals surface area contributed by atoms with Crippen LogP contribution in [0.1, 0.15) is 6.92 Å². The van der Waals surface area contributed by atoms with Crippen molar-refractivity contribution >= 4 is 5.91 Å². The molecule has 0 saturated heterocycles. The van der Waals surface area contributed by atoms with E-state index in [0.29, 0.717) is 19.7 Å². The SMILES string of the molecule is CCN(C)C(=O)CNCCOc1ccccc1. The first kappa shape index (κ1) is 13.5. The Morgan fingerprint density at radius 3 is 2.71 bits per heavy atom. The van der Waals surface area contributed by atoms with Crippen LogP contribution in [0.5, 0.6) is 5.75 Å². The highest BCUT2D eigenvalue weighted by atomic mass is 16.5. The van der Waals surface area contributed by atoms with Gasteiger partial charge in [0.15, 0.2) is 0 Å². The number of rotatable bonds is 7. The van der Waals surface area contributed by atoms with Crippen molar-refractivity contribution in [1.29, 1.82) is 0 Å². The number of benzene rings is 1. The minimum Gasteiger partial charge on any atom is -0.492 e. The fourth-order valence-electron chi connectivity index (χ4n) is 1.26. The maximum atomic E-state index is 11.4. The fourth-order valence-corrected chi connectivity index (χ4v) is 1.26. The lowest BCUT2D eigenvalue weighted by molar-refractivity contribution is -0.128. The smallest absolute Gasteiger partial charge is 0.236 e. The first-order valence-corrected chi connectivity index (χ1v) is 5.86. The Hall–Kier alpha value is -1.55. The largest absolute Gasteiger partial charge is 0.492 e. The second-order valence-corrected chi connectivity index (χ2v) is 3.75. The summed E-state index contributed by atoms with van der Waals surface area (Å²) in [5, 5.41) is 3.05. The van der Waals surface area contributed by atoms with Crippen LogP contribution in [0.2, 0.25) is 0 Å². The summed E-state index contributed by atoms with van der Waals surface area (Å²) >= 11 is 0. The molecule has 4 nitrogen and oxygen atoms in total. The zero-order valence-electron chi connectivity index (χ0n) is 10.5. The van der Waals surface area contributed by atoms with Gasteiger partial charge in [0.25, 0.3) is 0 Å². The number of ether oxygens (including phenoxy) is 1. The summed E-state index contributed by atoms with van der Waals surface area (Å²) in [6, 6.07) is 9.64. The van der Waals surface area contributed by atoms with Gasteiger partial charge in [0.2, 0.25) is 5.91 Å². The Kier molecular flexibility index (Phi) is 6.10. The highest BCUT2D eigenvalue weighted by Crippen LogP contribution is 2.07. The summed E-state index contributed by atoms with van der Waals surface area (Å²) in [6.45, 7) is 4.28. The van der Waals surface area contributed by atoms with E-state index in [1.54, 1.807) is 11.9 Å². The second kappa shape index (κ2) is 7.68. The summed E-state index contributed by atoms with van der Waals surface area (Å²) in [6.07, 6.45) is 0. The number of likely N-dealkylation sites (N-methyl/N-ethyl adjacent to an activating group) is 1. The van der Waals surface area contributed by atoms with Crippen LogP contribution in [0, 0.1) is 0 Å². The van der Waals surface area contributed by atoms with E-state index in [1.807, 2.05) is 37.3 Å². The van der Waals surface area contributed by atoms with Crippen LogP contribution in [-0.4, -0.2) is 44.1 Å². The molecular weight excluding hydrogens is 216 g/mol. The molecule has 0 aliphatic carbocycles. The van der Waals surface area contributed by atoms with E-state index in [4.69, 9.17) is 4.74 Å². The normalized spacial score (nSPS) is 10.0. The Bertz CT molecular complexity index is 327. The van der Waals surface area contributed by atoms with E-state index in [1.165, 1.54) is 0 Å². The summed E-state index contributed by atoms with van der Waals surface area (Å²) in [4.78, 5) is 13.1. The van der Waals surface area contributed by atoms with E-state index < -0.39 is 0 Å². The molecule has 0 atom stereocenters. The number of nitrogens with zero attached hydrogens (tertiary/aromatic N) is 1. The molecule has 0 bridgehead atoms. The molecule has 0 radical (unpaired) electrons. The molecule has 94 valence electrons. The Morgan fingerprint density at radius 2 is 2.06 bits per heavy atom. The van der Waals surface area contributed by atoms with Crippen LogP contribution in [0.15, 0.2) is 30.3 Å². The molecular formula is C13H20N2O2. The van der Waals surface area contributed by atoms with E-state index in [0.717, 1.165) is 12.3 Å². The molecule has 0 heterocycles. The molecule has 0 fully saturated rings. The summed E-state index contributed by atoms with van der Waals surface area (Å²) in [7, 11) is 1.80. The lowest BCUT2D eigenvalue weighted by atomic mass is 10.3. The van der Waals surface area contributed by atoms with Crippen molar-refractivity contribution in [2.75, 3.05) is 33.3 Å². The van der Waals surface area contributed by atoms with E-state index in [9.17, 15) is 4.79 Å². The lowest BCUT2D eigenvalue weighted by Crippen LogP contribution is -2.36. The molecule has 0 unspecified atom stereocenters. The summed E-state index contributed by atoms with van der Waals surface area (Å²) in [5.74, 6) is 0.957. The van der Waals surface area contributed by atoms with Gasteiger partial charge in [-0.05, 0) is 19.1 Å². The molecule has 0 aliphatic rings. The van der Waals surface area contributed by atoms with Gasteiger partial charge in [-0.3, -0.25) is 4.79 Å². The van der Waals surface area contributed by atoms with E-state index in [2.05, 4.69) is 5.32 Å². The van der Waals surface area contributed by atoms with Gasteiger partial charge >= 0.3 is 0 Å². The zero-order valence-corrected chi connectivity index (χ0v) is 10.5. The van der Waals surface area contributed by atoms with Crippen molar-refractivity contribution < 1.29 is 9.53 Å². The van der Waals surface area contributed by atoms with Crippen molar-refractivity contribution in [3.63, 3.8) is 0 Å². The topological polar surface area (TPSA) is 41.6 Å². The highest BCUT2D eigenvalue weighted by Gasteiger charge is 2.04. The number of carbonyl (C=O) groups excluding carboxylic acids is 1.